The van der Waals surface area contributed by atoms with Gasteiger partial charge in [0.25, 0.3) is 34.7 Å². The Hall–Kier alpha value is -13.8. The zero-order chi connectivity index (χ0) is 94.3. The molecule has 4 saturated heterocycles. The quantitative estimate of drug-likeness (QED) is 0.0224. The second-order valence-corrected chi connectivity index (χ2v) is 35.2. The van der Waals surface area contributed by atoms with Crippen molar-refractivity contribution in [1.29, 1.82) is 0 Å². The van der Waals surface area contributed by atoms with Gasteiger partial charge in [0, 0.05) is 216 Å². The van der Waals surface area contributed by atoms with Crippen molar-refractivity contribution in [2.75, 3.05) is 138 Å². The highest BCUT2D eigenvalue weighted by atomic mass is 16.5. The molecule has 9 aromatic heterocycles. The number of pyridine rings is 6. The summed E-state index contributed by atoms with van der Waals surface area (Å²) in [6, 6.07) is 31.5. The van der Waals surface area contributed by atoms with E-state index in [2.05, 4.69) is 155 Å². The minimum atomic E-state index is -0.365. The average Bonchev–Trinajstić information content (AvgIpc) is 1.61. The second kappa shape index (κ2) is 43.5. The van der Waals surface area contributed by atoms with Crippen LogP contribution >= 0.6 is 0 Å². The monoisotopic (exact) mass is 1800 g/mol. The average molecular weight is 1800 g/mol. The molecule has 12 aromatic rings. The van der Waals surface area contributed by atoms with Crippen LogP contribution in [0.4, 0.5) is 28.8 Å². The van der Waals surface area contributed by atoms with E-state index in [0.717, 1.165) is 220 Å². The van der Waals surface area contributed by atoms with Crippen molar-refractivity contribution in [3.05, 3.63) is 260 Å². The number of H-pyrrole nitrogens is 2. The fraction of sp³-hybridized carbons (Fsp3) is 0.369. The number of ether oxygens (including phenoxy) is 1. The number of nitrogens with one attached hydrogen (secondary N) is 7. The topological polar surface area (TPSA) is 336 Å². The van der Waals surface area contributed by atoms with E-state index in [1.807, 2.05) is 137 Å². The van der Waals surface area contributed by atoms with Gasteiger partial charge in [0.15, 0.2) is 5.65 Å². The molecular formula is C103H123N21O9. The maximum atomic E-state index is 14.2. The molecule has 30 heteroatoms. The molecule has 4 aliphatic heterocycles. The molecule has 133 heavy (non-hydrogen) atoms. The molecule has 5 amide bonds. The summed E-state index contributed by atoms with van der Waals surface area (Å²) >= 11 is 0. The molecule has 4 fully saturated rings. The number of aryl methyl sites for hydroxylation is 6. The van der Waals surface area contributed by atoms with Crippen LogP contribution in [-0.2, 0) is 53.2 Å². The van der Waals surface area contributed by atoms with Gasteiger partial charge in [-0.1, -0.05) is 65.8 Å². The lowest BCUT2D eigenvalue weighted by Crippen LogP contribution is -2.44. The second-order valence-electron chi connectivity index (χ2n) is 35.2. The van der Waals surface area contributed by atoms with Gasteiger partial charge < -0.3 is 75.3 Å². The zero-order valence-electron chi connectivity index (χ0n) is 78.3. The number of carbonyl (C=O) groups excluding carboxylic acids is 6. The van der Waals surface area contributed by atoms with Crippen molar-refractivity contribution in [2.45, 2.75) is 138 Å². The lowest BCUT2D eigenvalue weighted by atomic mass is 9.98. The van der Waals surface area contributed by atoms with Crippen molar-refractivity contribution < 1.29 is 33.5 Å². The van der Waals surface area contributed by atoms with Gasteiger partial charge >= 0.3 is 0 Å². The first-order chi connectivity index (χ1) is 64.2. The molecule has 13 heterocycles. The van der Waals surface area contributed by atoms with Gasteiger partial charge in [0.1, 0.15) is 17.5 Å². The number of anilines is 5. The number of piperazine rings is 3. The fourth-order valence-corrected chi connectivity index (χ4v) is 17.8. The number of aromatic nitrogens is 10. The molecule has 0 unspecified atom stereocenters. The van der Waals surface area contributed by atoms with Gasteiger partial charge in [0.05, 0.1) is 45.1 Å². The number of hydrogen-bond donors (Lipinski definition) is 7. The molecule has 694 valence electrons. The third-order valence-electron chi connectivity index (χ3n) is 25.1. The van der Waals surface area contributed by atoms with E-state index >= 15 is 0 Å². The number of likely N-dealkylation sites (N-methyl/N-ethyl adjacent to an activating group) is 3. The molecule has 30 nitrogen and oxygen atoms in total. The smallest absolute Gasteiger partial charge is 0.254 e. The molecule has 0 radical (unpaired) electrons. The van der Waals surface area contributed by atoms with Gasteiger partial charge in [-0.2, -0.15) is 5.10 Å². The van der Waals surface area contributed by atoms with Crippen molar-refractivity contribution >= 4 is 97.1 Å². The fourth-order valence-electron chi connectivity index (χ4n) is 17.8. The number of allylic oxidation sites excluding steroid dienone is 1. The number of carbonyl (C=O) groups is 6. The summed E-state index contributed by atoms with van der Waals surface area (Å²) in [6.07, 6.45) is 21.1. The highest BCUT2D eigenvalue weighted by Gasteiger charge is 2.29. The SMILES string of the molecule is C=CC(=O)Nc1cc(C)cc(CCC)c1CNC(=O)c1cc(-c2ccc(N3CCN(C)CC3)nc2)nc2c1cnn2C(C)C.C=CC(=O)Nc1cn(C2CCOCC2)c2cc(-c3ccc(N4CCN(C)CC4)nc3)cc(C(=O)NCc3c(CCC)cc(C)[nH]c3=O)c12.C=CC(=O)n1ccc2c(C(=O)NCc3c(CCC)cc(C)[nH]c3=O)cc(-c3ccc(N4CCN(C)CC4)nc3)cc21. The lowest BCUT2D eigenvalue weighted by molar-refractivity contribution is -0.112. The van der Waals surface area contributed by atoms with Crippen LogP contribution < -0.4 is 52.4 Å². The number of aromatic amines is 2. The minimum Gasteiger partial charge on any atom is -0.381 e. The lowest BCUT2D eigenvalue weighted by Gasteiger charge is -2.33. The van der Waals surface area contributed by atoms with E-state index in [1.165, 1.54) is 22.8 Å². The van der Waals surface area contributed by atoms with E-state index in [-0.39, 0.29) is 78.3 Å². The highest BCUT2D eigenvalue weighted by molar-refractivity contribution is 6.16. The minimum absolute atomic E-state index is 0.0593. The van der Waals surface area contributed by atoms with Gasteiger partial charge in [-0.05, 0) is 236 Å². The Morgan fingerprint density at radius 1 is 0.496 bits per heavy atom. The molecule has 4 aliphatic rings. The van der Waals surface area contributed by atoms with Crippen LogP contribution in [0.5, 0.6) is 0 Å². The van der Waals surface area contributed by atoms with Crippen LogP contribution in [0.2, 0.25) is 0 Å². The van der Waals surface area contributed by atoms with E-state index in [0.29, 0.717) is 85.4 Å². The van der Waals surface area contributed by atoms with Crippen molar-refractivity contribution in [3.8, 4) is 33.5 Å². The summed E-state index contributed by atoms with van der Waals surface area (Å²) in [4.78, 5) is 144. The Kier molecular flexibility index (Phi) is 31.2. The van der Waals surface area contributed by atoms with Crippen LogP contribution in [0.1, 0.15) is 165 Å². The largest absolute Gasteiger partial charge is 0.381 e. The standard InChI is InChI=1S/C37H45N7O4.C34H42N8O2.C32H36N6O3/c1-5-7-25-18-24(3)40-37(47)30(25)22-39-36(46)29-19-27(26-8-9-33(38-21-26)43-14-12-42(4)13-15-43)20-32-35(29)31(41-34(45)6-2)23-44(32)28-10-16-48-17-11-28;1-7-9-24-16-23(5)17-30(38-32(43)8-2)27(24)20-36-34(44)26-18-29(39-33-28(26)21-37-42(33)22(3)4)25-10-11-31(35-19-25)41-14-12-40(6)13-15-41;1-5-7-22-16-21(3)35-32(41)27(22)20-34-31(40)26-17-24(18-28-25(26)10-11-38(28)30(39)6-2)23-8-9-29(33-19-23)37-14-12-36(4)13-15-37/h6,8-9,18-21,23,28H,2,5,7,10-17,22H2,1,3-4H3,(H,39,46)(H,40,47)(H,41,45);8,10-11,16-19,21-22H,2,7,9,12-15,20H2,1,3-6H3,(H,36,44)(H,38,43);6,8-11,16-19H,2,5,7,12-15,20H2,1,3-4H3,(H,34,40)(H,35,41). The molecule has 0 saturated carbocycles. The summed E-state index contributed by atoms with van der Waals surface area (Å²) in [5.74, 6) is 0.920. The van der Waals surface area contributed by atoms with Crippen LogP contribution in [0.25, 0.3) is 66.4 Å². The molecule has 16 rings (SSSR count). The third-order valence-corrected chi connectivity index (χ3v) is 25.1. The zero-order valence-corrected chi connectivity index (χ0v) is 78.3. The first-order valence-corrected chi connectivity index (χ1v) is 46.2. The number of rotatable bonds is 28. The summed E-state index contributed by atoms with van der Waals surface area (Å²) in [6.45, 7) is 40.1. The number of benzene rings is 3. The molecule has 0 atom stereocenters. The van der Waals surface area contributed by atoms with E-state index < -0.39 is 0 Å². The predicted octanol–water partition coefficient (Wildman–Crippen LogP) is 14.1. The Balaban J connectivity index is 0.000000161. The van der Waals surface area contributed by atoms with Crippen molar-refractivity contribution in [3.63, 3.8) is 0 Å². The molecule has 0 bridgehead atoms. The van der Waals surface area contributed by atoms with Gasteiger partial charge in [-0.25, -0.2) is 24.6 Å². The third kappa shape index (κ3) is 22.5. The highest BCUT2D eigenvalue weighted by Crippen LogP contribution is 2.40. The van der Waals surface area contributed by atoms with Crippen LogP contribution in [0.15, 0.2) is 182 Å². The van der Waals surface area contributed by atoms with Crippen LogP contribution in [0, 0.1) is 20.8 Å². The van der Waals surface area contributed by atoms with E-state index in [4.69, 9.17) is 24.7 Å². The maximum Gasteiger partial charge on any atom is 0.254 e. The Labute approximate surface area is 776 Å². The normalized spacial score (nSPS) is 14.6. The van der Waals surface area contributed by atoms with Crippen molar-refractivity contribution in [1.82, 2.24) is 79.5 Å². The maximum absolute atomic E-state index is 14.2. The predicted molar refractivity (Wildman–Crippen MR) is 528 cm³/mol. The van der Waals surface area contributed by atoms with Gasteiger partial charge in [-0.3, -0.25) is 42.9 Å². The summed E-state index contributed by atoms with van der Waals surface area (Å²) in [5.41, 5.74) is 16.5. The Bertz CT molecular complexity index is 6410. The summed E-state index contributed by atoms with van der Waals surface area (Å²) in [7, 11) is 6.38. The summed E-state index contributed by atoms with van der Waals surface area (Å²) < 4.78 is 11.1. The molecule has 7 N–H and O–H groups in total. The molecule has 3 aromatic carbocycles. The van der Waals surface area contributed by atoms with Gasteiger partial charge in [-0.15, -0.1) is 0 Å². The van der Waals surface area contributed by atoms with Crippen LogP contribution in [0.3, 0.4) is 0 Å². The number of amides is 5. The first-order valence-electron chi connectivity index (χ1n) is 46.2. The van der Waals surface area contributed by atoms with E-state index in [9.17, 15) is 38.4 Å². The number of nitrogens with zero attached hydrogens (tertiary/aromatic N) is 14. The first kappa shape index (κ1) is 95.3. The number of hydrogen-bond acceptors (Lipinski definition) is 20. The van der Waals surface area contributed by atoms with Crippen molar-refractivity contribution in [2.24, 2.45) is 0 Å². The Morgan fingerprint density at radius 3 is 1.41 bits per heavy atom. The van der Waals surface area contributed by atoms with E-state index in [1.54, 1.807) is 18.5 Å². The molecular weight excluding hydrogens is 1680 g/mol. The Morgan fingerprint density at radius 2 is 0.947 bits per heavy atom. The van der Waals surface area contributed by atoms with Crippen LogP contribution in [-0.4, -0.2) is 212 Å². The molecule has 0 aliphatic carbocycles. The summed E-state index contributed by atoms with van der Waals surface area (Å²) in [5, 5.41) is 21.5. The molecule has 0 spiro atoms. The van der Waals surface area contributed by atoms with Gasteiger partial charge in [0.2, 0.25) is 11.8 Å². The number of fused-ring (bicyclic) bond motifs is 3.